The first-order valence-corrected chi connectivity index (χ1v) is 26.1. The second-order valence-corrected chi connectivity index (χ2v) is 25.3. The van der Waals surface area contributed by atoms with E-state index in [9.17, 15) is 0 Å². The lowest BCUT2D eigenvalue weighted by Crippen LogP contribution is -2.43. The molecule has 0 saturated carbocycles. The highest BCUT2D eigenvalue weighted by molar-refractivity contribution is 7.29. The molecule has 9 rings (SSSR count). The highest BCUT2D eigenvalue weighted by Crippen LogP contribution is 2.63. The fourth-order valence-electron chi connectivity index (χ4n) is 9.70. The quantitative estimate of drug-likeness (QED) is 0.172. The summed E-state index contributed by atoms with van der Waals surface area (Å²) in [5.41, 5.74) is 24.5. The SMILES string of the molecule is Cc1sc(-c2sc(-c3c(C)c(C)c(-c4sc(-c5sc(-c6sc7c(c6C)C(C)(C)C(C)(C)c6c-7sc(C)c6C)c(C)c5C)c(C)c4C)c4nsnc34)c(C)c2C)c(C)c1C. The van der Waals surface area contributed by atoms with Crippen LogP contribution in [0.4, 0.5) is 0 Å². The van der Waals surface area contributed by atoms with E-state index in [1.165, 1.54) is 148 Å². The summed E-state index contributed by atoms with van der Waals surface area (Å²) < 4.78 is 10.2. The molecule has 8 aromatic rings. The predicted octanol–water partition coefficient (Wildman–Crippen LogP) is 17.9. The van der Waals surface area contributed by atoms with E-state index in [4.69, 9.17) is 8.75 Å². The largest absolute Gasteiger partial charge is 0.172 e. The number of aryl methyl sites for hydroxylation is 2. The topological polar surface area (TPSA) is 25.8 Å². The monoisotopic (exact) mass is 906 g/mol. The minimum Gasteiger partial charge on any atom is -0.172 e. The van der Waals surface area contributed by atoms with Gasteiger partial charge >= 0.3 is 0 Å². The molecule has 9 heteroatoms. The van der Waals surface area contributed by atoms with E-state index < -0.39 is 0 Å². The molecule has 0 bridgehead atoms. The number of nitrogens with zero attached hydrogens (tertiary/aromatic N) is 2. The van der Waals surface area contributed by atoms with Gasteiger partial charge < -0.3 is 0 Å². The fraction of sp³-hybridized carbons (Fsp3) is 0.400. The molecule has 1 aliphatic carbocycles. The van der Waals surface area contributed by atoms with Gasteiger partial charge in [0.2, 0.25) is 0 Å². The van der Waals surface area contributed by atoms with Gasteiger partial charge in [0, 0.05) is 80.5 Å². The zero-order valence-electron chi connectivity index (χ0n) is 37.8. The van der Waals surface area contributed by atoms with Gasteiger partial charge in [-0.15, -0.1) is 68.0 Å². The van der Waals surface area contributed by atoms with Gasteiger partial charge in [-0.2, -0.15) is 8.75 Å². The standard InChI is InChI=1S/C50H54N2S7/c1-19-22(4)41(53-31(19)13)42-25(7)23(5)39(55-42)33-20(2)21(3)34(38-37(33)51-59-52-38)40-24(6)26(8)43(56-40)44-27(9)28(10)45(57-44)46-30(12)36-48(58-46)47-35(29(11)32(14)54-47)49(15,16)50(36,17)18/h1-18H3. The van der Waals surface area contributed by atoms with Gasteiger partial charge in [-0.1, -0.05) is 27.7 Å². The van der Waals surface area contributed by atoms with Crippen molar-refractivity contribution in [1.29, 1.82) is 0 Å². The average Bonchev–Trinajstić information content (AvgIpc) is 4.05. The minimum atomic E-state index is 0.0118. The van der Waals surface area contributed by atoms with E-state index in [1.807, 2.05) is 68.0 Å². The van der Waals surface area contributed by atoms with Gasteiger partial charge in [0.05, 0.1) is 11.7 Å². The van der Waals surface area contributed by atoms with Crippen molar-refractivity contribution in [2.45, 2.75) is 135 Å². The first-order chi connectivity index (χ1) is 27.6. The Labute approximate surface area is 379 Å². The molecule has 0 amide bonds. The molecule has 0 fully saturated rings. The molecular formula is C50H54N2S7. The number of rotatable bonds is 5. The van der Waals surface area contributed by atoms with Gasteiger partial charge in [-0.05, 0) is 175 Å². The third-order valence-electron chi connectivity index (χ3n) is 14.9. The van der Waals surface area contributed by atoms with Crippen molar-refractivity contribution in [2.24, 2.45) is 0 Å². The van der Waals surface area contributed by atoms with Crippen LogP contribution in [0.5, 0.6) is 0 Å². The number of hydrogen-bond donors (Lipinski definition) is 0. The molecule has 0 saturated heterocycles. The van der Waals surface area contributed by atoms with Crippen molar-refractivity contribution in [3.63, 3.8) is 0 Å². The maximum atomic E-state index is 5.09. The molecule has 2 nitrogen and oxygen atoms in total. The molecule has 0 spiro atoms. The maximum Gasteiger partial charge on any atom is 0.114 e. The number of fused-ring (bicyclic) bond motifs is 4. The molecule has 0 N–H and O–H groups in total. The van der Waals surface area contributed by atoms with Gasteiger partial charge in [-0.25, -0.2) is 0 Å². The summed E-state index contributed by atoms with van der Waals surface area (Å²) in [6.45, 7) is 42.4. The minimum absolute atomic E-state index is 0.0118. The van der Waals surface area contributed by atoms with E-state index in [0.717, 1.165) is 11.0 Å². The van der Waals surface area contributed by atoms with Crippen LogP contribution in [0.3, 0.4) is 0 Å². The van der Waals surface area contributed by atoms with E-state index in [1.54, 1.807) is 11.1 Å². The first-order valence-electron chi connectivity index (χ1n) is 20.5. The number of aromatic nitrogens is 2. The Bertz CT molecular complexity index is 3090. The van der Waals surface area contributed by atoms with Gasteiger partial charge in [0.15, 0.2) is 0 Å². The highest BCUT2D eigenvalue weighted by Gasteiger charge is 2.50. The first kappa shape index (κ1) is 41.6. The van der Waals surface area contributed by atoms with Crippen LogP contribution in [0.2, 0.25) is 0 Å². The van der Waals surface area contributed by atoms with Crippen molar-refractivity contribution < 1.29 is 0 Å². The molecule has 0 atom stereocenters. The maximum absolute atomic E-state index is 5.09. The third kappa shape index (κ3) is 5.53. The van der Waals surface area contributed by atoms with E-state index in [2.05, 4.69) is 125 Å². The Morgan fingerprint density at radius 3 is 1.00 bits per heavy atom. The molecule has 59 heavy (non-hydrogen) atoms. The van der Waals surface area contributed by atoms with Crippen molar-refractivity contribution in [2.75, 3.05) is 0 Å². The molecule has 0 aliphatic heterocycles. The molecule has 0 unspecified atom stereocenters. The second kappa shape index (κ2) is 13.9. The summed E-state index contributed by atoms with van der Waals surface area (Å²) in [6, 6.07) is 0. The van der Waals surface area contributed by atoms with Gasteiger partial charge in [0.1, 0.15) is 11.0 Å². The van der Waals surface area contributed by atoms with Crippen LogP contribution < -0.4 is 0 Å². The molecule has 7 heterocycles. The zero-order chi connectivity index (χ0) is 42.7. The lowest BCUT2D eigenvalue weighted by molar-refractivity contribution is 0.299. The van der Waals surface area contributed by atoms with Crippen LogP contribution in [0.25, 0.3) is 70.9 Å². The second-order valence-electron chi connectivity index (χ2n) is 18.2. The fourth-order valence-corrected chi connectivity index (χ4v) is 19.2. The predicted molar refractivity (Wildman–Crippen MR) is 270 cm³/mol. The summed E-state index contributed by atoms with van der Waals surface area (Å²) in [6.07, 6.45) is 0. The van der Waals surface area contributed by atoms with Crippen LogP contribution in [-0.4, -0.2) is 8.75 Å². The summed E-state index contributed by atoms with van der Waals surface area (Å²) in [7, 11) is 0. The highest BCUT2D eigenvalue weighted by atomic mass is 32.1. The van der Waals surface area contributed by atoms with Crippen molar-refractivity contribution in [3.8, 4) is 59.9 Å². The van der Waals surface area contributed by atoms with Crippen molar-refractivity contribution in [1.82, 2.24) is 8.75 Å². The smallest absolute Gasteiger partial charge is 0.114 e. The molecule has 7 aromatic heterocycles. The lowest BCUT2D eigenvalue weighted by atomic mass is 9.57. The van der Waals surface area contributed by atoms with E-state index >= 15 is 0 Å². The normalized spacial score (nSPS) is 14.5. The Kier molecular flexibility index (Phi) is 9.78. The van der Waals surface area contributed by atoms with Crippen molar-refractivity contribution in [3.05, 3.63) is 87.6 Å². The lowest BCUT2D eigenvalue weighted by Gasteiger charge is -2.47. The Morgan fingerprint density at radius 1 is 0.288 bits per heavy atom. The molecule has 0 radical (unpaired) electrons. The number of thiophene rings is 6. The summed E-state index contributed by atoms with van der Waals surface area (Å²) >= 11 is 13.3. The molecule has 306 valence electrons. The Morgan fingerprint density at radius 2 is 0.576 bits per heavy atom. The molecular weight excluding hydrogens is 853 g/mol. The van der Waals surface area contributed by atoms with Crippen LogP contribution >= 0.6 is 79.7 Å². The van der Waals surface area contributed by atoms with Gasteiger partial charge in [0.25, 0.3) is 0 Å². The Hall–Kier alpha value is -2.76. The average molecular weight is 907 g/mol. The zero-order valence-corrected chi connectivity index (χ0v) is 43.5. The molecule has 1 aromatic carbocycles. The van der Waals surface area contributed by atoms with Crippen LogP contribution in [0.15, 0.2) is 0 Å². The summed E-state index contributed by atoms with van der Waals surface area (Å²) in [4.78, 5) is 17.0. The van der Waals surface area contributed by atoms with Crippen LogP contribution in [0, 0.1) is 96.9 Å². The summed E-state index contributed by atoms with van der Waals surface area (Å²) in [5, 5.41) is 0. The van der Waals surface area contributed by atoms with Crippen LogP contribution in [-0.2, 0) is 10.8 Å². The van der Waals surface area contributed by atoms with Crippen LogP contribution in [0.1, 0.15) is 115 Å². The third-order valence-corrected chi connectivity index (χ3v) is 24.1. The van der Waals surface area contributed by atoms with E-state index in [-0.39, 0.29) is 10.8 Å². The summed E-state index contributed by atoms with van der Waals surface area (Å²) in [5.74, 6) is 0. The van der Waals surface area contributed by atoms with Crippen molar-refractivity contribution >= 4 is 90.8 Å². The van der Waals surface area contributed by atoms with Gasteiger partial charge in [-0.3, -0.25) is 0 Å². The number of benzene rings is 1. The molecule has 1 aliphatic rings. The Balaban J connectivity index is 1.18. The number of hydrogen-bond acceptors (Lipinski definition) is 9. The van der Waals surface area contributed by atoms with E-state index in [0.29, 0.717) is 0 Å².